The first-order valence-corrected chi connectivity index (χ1v) is 9.92. The van der Waals surface area contributed by atoms with Crippen LogP contribution in [0.5, 0.6) is 0 Å². The zero-order valence-electron chi connectivity index (χ0n) is 17.0. The fourth-order valence-electron chi connectivity index (χ4n) is 4.32. The van der Waals surface area contributed by atoms with Crippen molar-refractivity contribution in [1.82, 2.24) is 33.8 Å². The first-order valence-electron chi connectivity index (χ1n) is 9.92. The number of carbonyl (C=O) groups is 2. The molecule has 30 heavy (non-hydrogen) atoms. The van der Waals surface area contributed by atoms with Crippen LogP contribution in [0.25, 0.3) is 5.65 Å². The van der Waals surface area contributed by atoms with E-state index in [-0.39, 0.29) is 18.4 Å². The molecular weight excluding hydrogens is 390 g/mol. The average molecular weight is 415 g/mol. The summed E-state index contributed by atoms with van der Waals surface area (Å²) in [6, 6.07) is 0.144. The SMILES string of the molecule is C[C@H]1CN(C(=O)c2cnn3ccn(C)c23)Cc2nnc(C3CCOCC3)n21.O=CO. The molecule has 5 rings (SSSR count). The van der Waals surface area contributed by atoms with Crippen LogP contribution < -0.4 is 0 Å². The van der Waals surface area contributed by atoms with Crippen molar-refractivity contribution in [3.63, 3.8) is 0 Å². The zero-order chi connectivity index (χ0) is 21.3. The molecule has 0 radical (unpaired) electrons. The topological polar surface area (TPSA) is 120 Å². The van der Waals surface area contributed by atoms with Gasteiger partial charge in [-0.15, -0.1) is 10.2 Å². The number of carboxylic acid groups (broad SMARTS) is 1. The van der Waals surface area contributed by atoms with E-state index in [0.717, 1.165) is 43.4 Å². The monoisotopic (exact) mass is 415 g/mol. The second kappa shape index (κ2) is 8.27. The molecule has 2 aliphatic heterocycles. The number of fused-ring (bicyclic) bond motifs is 2. The van der Waals surface area contributed by atoms with Crippen LogP contribution >= 0.6 is 0 Å². The first kappa shape index (κ1) is 20.1. The quantitative estimate of drug-likeness (QED) is 0.622. The van der Waals surface area contributed by atoms with Crippen molar-refractivity contribution in [2.24, 2.45) is 7.05 Å². The Morgan fingerprint density at radius 2 is 2.00 bits per heavy atom. The Labute approximate surface area is 172 Å². The summed E-state index contributed by atoms with van der Waals surface area (Å²) in [5.41, 5.74) is 1.43. The van der Waals surface area contributed by atoms with E-state index >= 15 is 0 Å². The van der Waals surface area contributed by atoms with Gasteiger partial charge in [-0.1, -0.05) is 0 Å². The molecule has 1 atom stereocenters. The number of hydrogen-bond donors (Lipinski definition) is 1. The van der Waals surface area contributed by atoms with Crippen molar-refractivity contribution in [2.45, 2.75) is 38.3 Å². The molecule has 2 aliphatic rings. The minimum atomic E-state index is -0.250. The highest BCUT2D eigenvalue weighted by Gasteiger charge is 2.33. The Morgan fingerprint density at radius 1 is 1.27 bits per heavy atom. The summed E-state index contributed by atoms with van der Waals surface area (Å²) in [6.07, 6.45) is 7.36. The van der Waals surface area contributed by atoms with Gasteiger partial charge in [-0.2, -0.15) is 5.10 Å². The van der Waals surface area contributed by atoms with Crippen LogP contribution in [-0.2, 0) is 23.1 Å². The molecule has 1 fully saturated rings. The molecule has 11 heteroatoms. The summed E-state index contributed by atoms with van der Waals surface area (Å²) in [5, 5.41) is 20.1. The smallest absolute Gasteiger partial charge is 0.290 e. The number of nitrogens with zero attached hydrogens (tertiary/aromatic N) is 7. The average Bonchev–Trinajstić information content (AvgIpc) is 3.45. The second-order valence-electron chi connectivity index (χ2n) is 7.61. The molecule has 0 aromatic carbocycles. The van der Waals surface area contributed by atoms with Crippen LogP contribution in [0.15, 0.2) is 18.6 Å². The molecule has 160 valence electrons. The van der Waals surface area contributed by atoms with Crippen LogP contribution in [0.4, 0.5) is 0 Å². The van der Waals surface area contributed by atoms with Crippen molar-refractivity contribution < 1.29 is 19.4 Å². The second-order valence-corrected chi connectivity index (χ2v) is 7.61. The van der Waals surface area contributed by atoms with Crippen molar-refractivity contribution in [3.05, 3.63) is 35.8 Å². The van der Waals surface area contributed by atoms with E-state index in [0.29, 0.717) is 24.6 Å². The molecule has 0 unspecified atom stereocenters. The highest BCUT2D eigenvalue weighted by molar-refractivity contribution is 5.99. The molecule has 1 amide bonds. The maximum Gasteiger partial charge on any atom is 0.290 e. The van der Waals surface area contributed by atoms with E-state index in [1.165, 1.54) is 0 Å². The number of aromatic nitrogens is 6. The van der Waals surface area contributed by atoms with E-state index < -0.39 is 0 Å². The first-order chi connectivity index (χ1) is 14.5. The summed E-state index contributed by atoms with van der Waals surface area (Å²) in [4.78, 5) is 23.4. The molecule has 1 saturated heterocycles. The summed E-state index contributed by atoms with van der Waals surface area (Å²) >= 11 is 0. The van der Waals surface area contributed by atoms with Gasteiger partial charge in [0, 0.05) is 45.1 Å². The Kier molecular flexibility index (Phi) is 5.53. The van der Waals surface area contributed by atoms with Gasteiger partial charge >= 0.3 is 0 Å². The highest BCUT2D eigenvalue weighted by atomic mass is 16.5. The van der Waals surface area contributed by atoms with Gasteiger partial charge in [-0.05, 0) is 19.8 Å². The summed E-state index contributed by atoms with van der Waals surface area (Å²) in [6.45, 7) is 4.55. The van der Waals surface area contributed by atoms with Gasteiger partial charge in [-0.3, -0.25) is 9.59 Å². The van der Waals surface area contributed by atoms with Gasteiger partial charge in [0.15, 0.2) is 5.82 Å². The lowest BCUT2D eigenvalue weighted by Gasteiger charge is -2.33. The van der Waals surface area contributed by atoms with E-state index in [9.17, 15) is 4.79 Å². The lowest BCUT2D eigenvalue weighted by atomic mass is 9.99. The predicted octanol–water partition coefficient (Wildman–Crippen LogP) is 1.08. The Morgan fingerprint density at radius 3 is 2.73 bits per heavy atom. The van der Waals surface area contributed by atoms with Crippen molar-refractivity contribution in [3.8, 4) is 0 Å². The molecule has 0 spiro atoms. The van der Waals surface area contributed by atoms with E-state index in [4.69, 9.17) is 14.6 Å². The normalized spacial score (nSPS) is 19.3. The summed E-state index contributed by atoms with van der Waals surface area (Å²) in [5.74, 6) is 2.28. The molecule has 0 aliphatic carbocycles. The number of aryl methyl sites for hydroxylation is 1. The van der Waals surface area contributed by atoms with E-state index in [2.05, 4.69) is 26.8 Å². The van der Waals surface area contributed by atoms with Crippen molar-refractivity contribution >= 4 is 18.0 Å². The lowest BCUT2D eigenvalue weighted by Crippen LogP contribution is -2.41. The standard InChI is InChI=1S/C18H23N7O2.CH2O2/c1-12-10-23(18(26)14-9-19-24-6-5-22(2)17(14)24)11-15-20-21-16(25(12)15)13-3-7-27-8-4-13;2-1-3/h5-6,9,12-13H,3-4,7-8,10-11H2,1-2H3;1H,(H,2,3)/t12-;/m0./s1. The molecule has 1 N–H and O–H groups in total. The van der Waals surface area contributed by atoms with Crippen molar-refractivity contribution in [2.75, 3.05) is 19.8 Å². The Hall–Kier alpha value is -3.21. The fraction of sp³-hybridized carbons (Fsp3) is 0.526. The van der Waals surface area contributed by atoms with Crippen LogP contribution in [0.2, 0.25) is 0 Å². The maximum atomic E-state index is 13.2. The third-order valence-electron chi connectivity index (χ3n) is 5.69. The van der Waals surface area contributed by atoms with Crippen LogP contribution in [0.1, 0.15) is 53.7 Å². The summed E-state index contributed by atoms with van der Waals surface area (Å²) in [7, 11) is 1.92. The summed E-state index contributed by atoms with van der Waals surface area (Å²) < 4.78 is 11.4. The number of rotatable bonds is 2. The van der Waals surface area contributed by atoms with E-state index in [1.54, 1.807) is 10.7 Å². The molecule has 3 aromatic heterocycles. The van der Waals surface area contributed by atoms with Gasteiger partial charge in [0.1, 0.15) is 17.0 Å². The largest absolute Gasteiger partial charge is 0.483 e. The predicted molar refractivity (Wildman–Crippen MR) is 105 cm³/mol. The lowest BCUT2D eigenvalue weighted by molar-refractivity contribution is -0.122. The van der Waals surface area contributed by atoms with Crippen LogP contribution in [0, 0.1) is 0 Å². The zero-order valence-corrected chi connectivity index (χ0v) is 17.0. The Balaban J connectivity index is 0.000000687. The van der Waals surface area contributed by atoms with Gasteiger partial charge in [-0.25, -0.2) is 4.52 Å². The van der Waals surface area contributed by atoms with Crippen LogP contribution in [-0.4, -0.2) is 71.1 Å². The molecular formula is C19H25N7O4. The van der Waals surface area contributed by atoms with Gasteiger partial charge in [0.25, 0.3) is 12.4 Å². The van der Waals surface area contributed by atoms with E-state index in [1.807, 2.05) is 28.9 Å². The molecule has 3 aromatic rings. The number of hydrogen-bond acceptors (Lipinski definition) is 6. The van der Waals surface area contributed by atoms with Crippen molar-refractivity contribution in [1.29, 1.82) is 0 Å². The third-order valence-corrected chi connectivity index (χ3v) is 5.69. The molecule has 0 saturated carbocycles. The molecule has 5 heterocycles. The number of carbonyl (C=O) groups excluding carboxylic acids is 1. The minimum Gasteiger partial charge on any atom is -0.483 e. The molecule has 11 nitrogen and oxygen atoms in total. The minimum absolute atomic E-state index is 0.0134. The van der Waals surface area contributed by atoms with Crippen LogP contribution in [0.3, 0.4) is 0 Å². The number of imidazole rings is 1. The maximum absolute atomic E-state index is 13.2. The third kappa shape index (κ3) is 3.45. The number of ether oxygens (including phenoxy) is 1. The highest BCUT2D eigenvalue weighted by Crippen LogP contribution is 2.31. The number of amides is 1. The Bertz CT molecular complexity index is 1050. The van der Waals surface area contributed by atoms with Gasteiger partial charge in [0.2, 0.25) is 0 Å². The van der Waals surface area contributed by atoms with Gasteiger partial charge in [0.05, 0.1) is 18.8 Å². The fourth-order valence-corrected chi connectivity index (χ4v) is 4.32. The van der Waals surface area contributed by atoms with Gasteiger partial charge < -0.3 is 23.9 Å². The molecule has 0 bridgehead atoms.